The van der Waals surface area contributed by atoms with E-state index in [1.165, 1.54) is 73.9 Å². The van der Waals surface area contributed by atoms with Crippen molar-refractivity contribution < 1.29 is 119 Å². The summed E-state index contributed by atoms with van der Waals surface area (Å²) < 4.78 is 99.3. The van der Waals surface area contributed by atoms with Gasteiger partial charge < -0.3 is 54.9 Å². The zero-order chi connectivity index (χ0) is 105. The molecule has 0 unspecified atom stereocenters. The number of nitrogens with one attached hydrogen (secondary N) is 2. The van der Waals surface area contributed by atoms with E-state index in [1.807, 2.05) is 0 Å². The topological polar surface area (TPSA) is 543 Å². The van der Waals surface area contributed by atoms with Crippen LogP contribution in [-0.2, 0) is 86.8 Å². The standard InChI is InChI=1S/C35H46N8O8S.C23H30ClN5O5.C12H15N3O5S.C12H17N3O3S.C11H13N3O3.Fe/c1-33(2,3)50-31(46)42-26-21-24-22-36-30(37-25-13-11-23(12-14-25)28(44)39-17-19-40(20-18-39)52(7,48)49)38-27(24)41(26)35(15-9-8-10-16-35)29(45)43(42)32(47)51-34(4,5)6;1-21(2,3)33-19(31)28-15-12-14-13-25-18(24)26-16(14)27(15)23(10-8-7-9-11-23)17(30)29(28)20(32)34-22(4,5)6;1-21(19,20)14-8-6-13(7-9-14)12(16)10-2-4-11(5-3-10)15(17)18;1-19(17,18)15-8-6-14(7-9-15)12(16)10-2-4-11(13)5-3-10;15-11(13-7-5-12-6-8-13)9-1-3-10(4-2-9)14(16)17;/h11-14,21-22H,8-10,15-20H2,1-7H3,(H,36,37,38);12-13H,7-11H2,1-6H3;2-5H,6-9H2,1H3;2-5H,6-9,13H2,1H3;1-4,12H,5-8H2;. The number of nitro benzene ring substituents is 2. The molecule has 6 aliphatic heterocycles. The summed E-state index contributed by atoms with van der Waals surface area (Å²) in [4.78, 5) is 177. The van der Waals surface area contributed by atoms with Gasteiger partial charge in [-0.25, -0.2) is 54.4 Å². The van der Waals surface area contributed by atoms with Crippen molar-refractivity contribution in [1.29, 1.82) is 0 Å². The smallest absolute Gasteiger partial charge is 0.437 e. The predicted molar refractivity (Wildman–Crippen MR) is 528 cm³/mol. The number of rotatable bonds is 11. The molecule has 4 saturated heterocycles. The molecule has 0 bridgehead atoms. The Morgan fingerprint density at radius 2 is 0.701 bits per heavy atom. The second-order valence-corrected chi connectivity index (χ2v) is 45.7. The third kappa shape index (κ3) is 26.9. The van der Waals surface area contributed by atoms with Crippen LogP contribution >= 0.6 is 11.6 Å². The summed E-state index contributed by atoms with van der Waals surface area (Å²) >= 11 is 6.11. The molecule has 16 rings (SSSR count). The second-order valence-electron chi connectivity index (χ2n) is 39.4. The van der Waals surface area contributed by atoms with Gasteiger partial charge in [0.2, 0.25) is 41.3 Å². The fourth-order valence-electron chi connectivity index (χ4n) is 17.3. The van der Waals surface area contributed by atoms with Gasteiger partial charge in [0.15, 0.2) is 0 Å². The number of carbonyl (C=O) groups excluding carboxylic acids is 10. The number of amides is 10. The first-order chi connectivity index (χ1) is 66.8. The maximum atomic E-state index is 14.7. The molecule has 8 aromatic rings. The van der Waals surface area contributed by atoms with E-state index in [0.29, 0.717) is 160 Å². The van der Waals surface area contributed by atoms with Gasteiger partial charge in [0.25, 0.3) is 46.8 Å². The van der Waals surface area contributed by atoms with Crippen molar-refractivity contribution in [3.8, 4) is 0 Å². The van der Waals surface area contributed by atoms with Gasteiger partial charge in [-0.1, -0.05) is 38.5 Å². The van der Waals surface area contributed by atoms with Crippen molar-refractivity contribution in [1.82, 2.24) is 76.9 Å². The molecule has 4 aromatic heterocycles. The Morgan fingerprint density at radius 1 is 0.417 bits per heavy atom. The predicted octanol–water partition coefficient (Wildman–Crippen LogP) is 11.1. The number of hydrazine groups is 2. The van der Waals surface area contributed by atoms with Crippen LogP contribution in [0.2, 0.25) is 5.28 Å². The number of non-ortho nitro benzene ring substituents is 2. The Hall–Kier alpha value is -12.7. The summed E-state index contributed by atoms with van der Waals surface area (Å²) in [7, 11) is -9.71. The molecule has 46 nitrogen and oxygen atoms in total. The van der Waals surface area contributed by atoms with Gasteiger partial charge in [-0.05, 0) is 205 Å². The number of fused-ring (bicyclic) bond motifs is 8. The summed E-state index contributed by atoms with van der Waals surface area (Å²) in [5.74, 6) is -1.07. The molecule has 10 amide bonds. The van der Waals surface area contributed by atoms with Crippen LogP contribution in [0, 0.1) is 20.2 Å². The number of halogens is 1. The molecular formula is C93H121ClFeN22O24S3. The third-order valence-corrected chi connectivity index (χ3v) is 28.2. The molecule has 2 spiro atoms. The number of benzene rings is 4. The molecule has 2 saturated carbocycles. The molecular weight excluding hydrogens is 2000 g/mol. The Balaban J connectivity index is 0.000000184. The summed E-state index contributed by atoms with van der Waals surface area (Å²) in [6.45, 7) is 27.0. The van der Waals surface area contributed by atoms with Crippen LogP contribution in [0.4, 0.5) is 59.5 Å². The van der Waals surface area contributed by atoms with E-state index in [2.05, 4.69) is 25.6 Å². The Kier molecular flexibility index (Phi) is 34.8. The molecule has 10 heterocycles. The zero-order valence-corrected chi connectivity index (χ0v) is 87.1. The maximum absolute atomic E-state index is 14.7. The number of nitrogens with zero attached hydrogens (tertiary/aromatic N) is 19. The van der Waals surface area contributed by atoms with Crippen LogP contribution in [0.25, 0.3) is 22.1 Å². The van der Waals surface area contributed by atoms with Crippen LogP contribution < -0.4 is 26.4 Å². The van der Waals surface area contributed by atoms with Crippen LogP contribution in [0.5, 0.6) is 0 Å². The average Bonchev–Trinajstić information content (AvgIpc) is 1.52. The van der Waals surface area contributed by atoms with Gasteiger partial charge in [0.1, 0.15) is 56.4 Å². The minimum Gasteiger partial charge on any atom is -0.442 e. The minimum absolute atomic E-state index is 0. The van der Waals surface area contributed by atoms with Crippen molar-refractivity contribution in [3.05, 3.63) is 169 Å². The molecule has 6 fully saturated rings. The minimum atomic E-state index is -3.31. The summed E-state index contributed by atoms with van der Waals surface area (Å²) in [6.07, 6.45) is 9.47. The van der Waals surface area contributed by atoms with E-state index in [4.69, 9.17) is 41.3 Å². The van der Waals surface area contributed by atoms with E-state index in [9.17, 15) is 93.4 Å². The Labute approximate surface area is 849 Å². The SMILES string of the molecule is CC(C)(C)OC(=O)N1C(=O)C2(CCCCC2)n2c(cc3cnc(Cl)nc32)N1C(=O)OC(C)(C)C.CC(C)(C)OC(=O)N1C(=O)C2(CCCCC2)n2c(cc3cnc(Nc4ccc(C(=O)N5CCN(S(C)(=O)=O)CC5)cc4)nc32)N1C(=O)OC(C)(C)C.CS(=O)(=O)N1CCN(C(=O)c2ccc(N)cc2)CC1.CS(=O)(=O)N1CCN(C(=O)c2ccc([N+](=O)[O-])cc2)CC1.O=C(c1ccc([N+](=O)[O-])cc1)N1CCNCC1.[Fe]. The summed E-state index contributed by atoms with van der Waals surface area (Å²) in [6, 6.07) is 27.9. The van der Waals surface area contributed by atoms with Gasteiger partial charge in [-0.15, -0.1) is 10.0 Å². The third-order valence-electron chi connectivity index (χ3n) is 24.1. The van der Waals surface area contributed by atoms with Crippen molar-refractivity contribution in [2.24, 2.45) is 0 Å². The average molecular weight is 2120 g/mol. The van der Waals surface area contributed by atoms with E-state index in [1.54, 1.807) is 179 Å². The molecule has 4 aromatic carbocycles. The second kappa shape index (κ2) is 44.9. The van der Waals surface area contributed by atoms with Crippen molar-refractivity contribution >= 4 is 164 Å². The van der Waals surface area contributed by atoms with Crippen molar-refractivity contribution in [3.63, 3.8) is 0 Å². The van der Waals surface area contributed by atoms with Crippen LogP contribution in [-0.4, -0.2) is 312 Å². The first-order valence-electron chi connectivity index (χ1n) is 46.5. The molecule has 4 N–H and O–H groups in total. The van der Waals surface area contributed by atoms with Crippen LogP contribution in [0.15, 0.2) is 122 Å². The Bertz CT molecular complexity index is 6490. The molecule has 0 atom stereocenters. The summed E-state index contributed by atoms with van der Waals surface area (Å²) in [5.41, 5.74) is 3.37. The first kappa shape index (κ1) is 112. The quantitative estimate of drug-likeness (QED) is 0.0270. The number of ether oxygens (including phenoxy) is 4. The normalized spacial score (nSPS) is 17.5. The molecule has 8 aliphatic rings. The maximum Gasteiger partial charge on any atom is 0.437 e. The number of carbonyl (C=O) groups is 10. The van der Waals surface area contributed by atoms with Gasteiger partial charge in [-0.3, -0.25) is 58.1 Å². The number of aromatic nitrogens is 6. The number of nitro groups is 2. The number of nitrogens with two attached hydrogens (primary N) is 1. The number of piperazine rings is 4. The van der Waals surface area contributed by atoms with E-state index in [-0.39, 0.29) is 101 Å². The fraction of sp³-hybridized carbons (Fsp3) is 0.505. The van der Waals surface area contributed by atoms with E-state index >= 15 is 0 Å². The van der Waals surface area contributed by atoms with Gasteiger partial charge in [-0.2, -0.15) is 32.9 Å². The zero-order valence-electron chi connectivity index (χ0n) is 82.8. The fourth-order valence-corrected chi connectivity index (χ4v) is 19.9. The number of sulfonamides is 3. The molecule has 2 aliphatic carbocycles. The largest absolute Gasteiger partial charge is 0.442 e. The van der Waals surface area contributed by atoms with Crippen LogP contribution in [0.3, 0.4) is 0 Å². The van der Waals surface area contributed by atoms with Gasteiger partial charge in [0, 0.05) is 203 Å². The van der Waals surface area contributed by atoms with E-state index < -0.39 is 110 Å². The number of imide groups is 2. The Morgan fingerprint density at radius 3 is 1.01 bits per heavy atom. The molecule has 144 heavy (non-hydrogen) atoms. The van der Waals surface area contributed by atoms with Crippen LogP contribution in [0.1, 0.15) is 189 Å². The number of nitrogen functional groups attached to an aromatic ring is 1. The molecule has 0 radical (unpaired) electrons. The molecule has 780 valence electrons. The summed E-state index contributed by atoms with van der Waals surface area (Å²) in [5, 5.41) is 32.0. The van der Waals surface area contributed by atoms with Crippen molar-refractivity contribution in [2.75, 3.05) is 145 Å². The van der Waals surface area contributed by atoms with E-state index in [0.717, 1.165) is 71.3 Å². The first-order valence-corrected chi connectivity index (χ1v) is 52.4. The number of hydrogen-bond donors (Lipinski definition) is 3. The van der Waals surface area contributed by atoms with Gasteiger partial charge in [0.05, 0.1) is 28.6 Å². The van der Waals surface area contributed by atoms with Gasteiger partial charge >= 0.3 is 24.4 Å². The number of anilines is 5. The number of hydrogen-bond acceptors (Lipinski definition) is 31. The monoisotopic (exact) mass is 2120 g/mol. The molecule has 51 heteroatoms. The van der Waals surface area contributed by atoms with Crippen molar-refractivity contribution in [2.45, 2.75) is 181 Å².